The van der Waals surface area contributed by atoms with Crippen molar-refractivity contribution in [2.75, 3.05) is 33.3 Å². The Labute approximate surface area is 100 Å². The lowest BCUT2D eigenvalue weighted by atomic mass is 10.1. The molecule has 1 heterocycles. The molecule has 0 saturated carbocycles. The maximum absolute atomic E-state index is 5.74. The molecule has 2 unspecified atom stereocenters. The Morgan fingerprint density at radius 2 is 2.25 bits per heavy atom. The van der Waals surface area contributed by atoms with Crippen LogP contribution in [0.25, 0.3) is 0 Å². The molecule has 1 aliphatic heterocycles. The summed E-state index contributed by atoms with van der Waals surface area (Å²) in [5, 5.41) is 0. The highest BCUT2D eigenvalue weighted by molar-refractivity contribution is 4.67. The van der Waals surface area contributed by atoms with Crippen molar-refractivity contribution in [3.63, 3.8) is 0 Å². The third kappa shape index (κ3) is 5.83. The van der Waals surface area contributed by atoms with E-state index in [2.05, 4.69) is 18.9 Å². The molecular formula is C13H28N2O. The monoisotopic (exact) mass is 228 g/mol. The summed E-state index contributed by atoms with van der Waals surface area (Å²) >= 11 is 0. The van der Waals surface area contributed by atoms with Crippen molar-refractivity contribution in [1.82, 2.24) is 4.90 Å². The highest BCUT2D eigenvalue weighted by atomic mass is 16.5. The van der Waals surface area contributed by atoms with Crippen molar-refractivity contribution >= 4 is 0 Å². The van der Waals surface area contributed by atoms with Gasteiger partial charge >= 0.3 is 0 Å². The van der Waals surface area contributed by atoms with E-state index >= 15 is 0 Å². The summed E-state index contributed by atoms with van der Waals surface area (Å²) in [6.45, 7) is 6.27. The maximum Gasteiger partial charge on any atom is 0.0701 e. The summed E-state index contributed by atoms with van der Waals surface area (Å²) in [6.07, 6.45) is 6.79. The van der Waals surface area contributed by atoms with Gasteiger partial charge in [0.25, 0.3) is 0 Å². The summed E-state index contributed by atoms with van der Waals surface area (Å²) in [6, 6.07) is 0. The number of hydrogen-bond donors (Lipinski definition) is 1. The first-order valence-corrected chi connectivity index (χ1v) is 6.72. The Kier molecular flexibility index (Phi) is 7.01. The summed E-state index contributed by atoms with van der Waals surface area (Å²) in [4.78, 5) is 2.40. The second kappa shape index (κ2) is 8.04. The lowest BCUT2D eigenvalue weighted by molar-refractivity contribution is -0.00169. The van der Waals surface area contributed by atoms with Gasteiger partial charge in [-0.1, -0.05) is 6.92 Å². The summed E-state index contributed by atoms with van der Waals surface area (Å²) < 4.78 is 5.74. The van der Waals surface area contributed by atoms with Crippen molar-refractivity contribution in [3.8, 4) is 0 Å². The van der Waals surface area contributed by atoms with Crippen LogP contribution in [0.2, 0.25) is 0 Å². The molecule has 0 aromatic carbocycles. The smallest absolute Gasteiger partial charge is 0.0701 e. The van der Waals surface area contributed by atoms with Crippen molar-refractivity contribution in [1.29, 1.82) is 0 Å². The quantitative estimate of drug-likeness (QED) is 0.723. The van der Waals surface area contributed by atoms with Gasteiger partial charge in [-0.15, -0.1) is 0 Å². The van der Waals surface area contributed by atoms with Crippen LogP contribution in [0.15, 0.2) is 0 Å². The molecule has 2 atom stereocenters. The van der Waals surface area contributed by atoms with Gasteiger partial charge < -0.3 is 15.4 Å². The van der Waals surface area contributed by atoms with Crippen molar-refractivity contribution in [2.24, 2.45) is 11.7 Å². The zero-order chi connectivity index (χ0) is 11.8. The Morgan fingerprint density at radius 1 is 1.44 bits per heavy atom. The first kappa shape index (κ1) is 13.9. The molecular weight excluding hydrogens is 200 g/mol. The van der Waals surface area contributed by atoms with Crippen molar-refractivity contribution < 1.29 is 4.74 Å². The molecule has 0 aliphatic carbocycles. The van der Waals surface area contributed by atoms with E-state index in [1.54, 1.807) is 0 Å². The minimum absolute atomic E-state index is 0.477. The zero-order valence-corrected chi connectivity index (χ0v) is 11.0. The van der Waals surface area contributed by atoms with Gasteiger partial charge in [-0.05, 0) is 58.2 Å². The third-order valence-electron chi connectivity index (χ3n) is 3.43. The fraction of sp³-hybridized carbons (Fsp3) is 1.00. The number of nitrogens with zero attached hydrogens (tertiary/aromatic N) is 1. The largest absolute Gasteiger partial charge is 0.377 e. The fourth-order valence-electron chi connectivity index (χ4n) is 2.22. The van der Waals surface area contributed by atoms with E-state index in [4.69, 9.17) is 10.5 Å². The van der Waals surface area contributed by atoms with Gasteiger partial charge in [0.1, 0.15) is 0 Å². The van der Waals surface area contributed by atoms with Crippen LogP contribution in [0.4, 0.5) is 0 Å². The lowest BCUT2D eigenvalue weighted by Crippen LogP contribution is -2.34. The van der Waals surface area contributed by atoms with E-state index in [1.807, 2.05) is 0 Å². The third-order valence-corrected chi connectivity index (χ3v) is 3.43. The van der Waals surface area contributed by atoms with Crippen LogP contribution in [0, 0.1) is 5.92 Å². The molecule has 1 saturated heterocycles. The molecule has 0 aromatic heterocycles. The van der Waals surface area contributed by atoms with Gasteiger partial charge in [-0.25, -0.2) is 0 Å². The Balaban J connectivity index is 2.03. The summed E-state index contributed by atoms with van der Waals surface area (Å²) in [7, 11) is 2.20. The molecule has 3 heteroatoms. The van der Waals surface area contributed by atoms with E-state index in [1.165, 1.54) is 38.6 Å². The van der Waals surface area contributed by atoms with Crippen LogP contribution in [0.5, 0.6) is 0 Å². The highest BCUT2D eigenvalue weighted by Crippen LogP contribution is 2.13. The molecule has 3 nitrogen and oxygen atoms in total. The fourth-order valence-corrected chi connectivity index (χ4v) is 2.22. The number of ether oxygens (including phenoxy) is 1. The van der Waals surface area contributed by atoms with E-state index in [0.717, 1.165) is 19.7 Å². The normalized spacial score (nSPS) is 23.6. The molecule has 1 fully saturated rings. The van der Waals surface area contributed by atoms with Gasteiger partial charge in [0, 0.05) is 13.2 Å². The van der Waals surface area contributed by atoms with Crippen LogP contribution in [0.3, 0.4) is 0 Å². The maximum atomic E-state index is 5.74. The molecule has 0 radical (unpaired) electrons. The number of likely N-dealkylation sites (N-methyl/N-ethyl adjacent to an activating group) is 1. The molecule has 96 valence electrons. The molecule has 0 amide bonds. The number of nitrogens with two attached hydrogens (primary N) is 1. The van der Waals surface area contributed by atoms with Crippen molar-refractivity contribution in [2.45, 2.75) is 45.1 Å². The van der Waals surface area contributed by atoms with Crippen LogP contribution >= 0.6 is 0 Å². The standard InChI is InChI=1S/C13H28N2O/c1-12(10-14)6-5-8-15(2)11-13-7-3-4-9-16-13/h12-13H,3-11,14H2,1-2H3. The lowest BCUT2D eigenvalue weighted by Gasteiger charge is -2.27. The first-order valence-electron chi connectivity index (χ1n) is 6.72. The molecule has 2 N–H and O–H groups in total. The van der Waals surface area contributed by atoms with Crippen LogP contribution in [-0.4, -0.2) is 44.3 Å². The average molecular weight is 228 g/mol. The van der Waals surface area contributed by atoms with Crippen molar-refractivity contribution in [3.05, 3.63) is 0 Å². The Hall–Kier alpha value is -0.120. The molecule has 0 aromatic rings. The average Bonchev–Trinajstić information content (AvgIpc) is 2.30. The van der Waals surface area contributed by atoms with E-state index in [9.17, 15) is 0 Å². The highest BCUT2D eigenvalue weighted by Gasteiger charge is 2.15. The molecule has 1 rings (SSSR count). The van der Waals surface area contributed by atoms with Gasteiger partial charge in [-0.3, -0.25) is 0 Å². The molecule has 0 spiro atoms. The minimum atomic E-state index is 0.477. The van der Waals surface area contributed by atoms with Gasteiger partial charge in [0.2, 0.25) is 0 Å². The summed E-state index contributed by atoms with van der Waals surface area (Å²) in [5.74, 6) is 0.666. The van der Waals surface area contributed by atoms with Crippen LogP contribution < -0.4 is 5.73 Å². The van der Waals surface area contributed by atoms with E-state index in [-0.39, 0.29) is 0 Å². The topological polar surface area (TPSA) is 38.5 Å². The Bertz CT molecular complexity index is 169. The predicted octanol–water partition coefficient (Wildman–Crippen LogP) is 1.86. The Morgan fingerprint density at radius 3 is 2.88 bits per heavy atom. The van der Waals surface area contributed by atoms with Gasteiger partial charge in [0.15, 0.2) is 0 Å². The van der Waals surface area contributed by atoms with Gasteiger partial charge in [0.05, 0.1) is 6.10 Å². The molecule has 16 heavy (non-hydrogen) atoms. The van der Waals surface area contributed by atoms with E-state index in [0.29, 0.717) is 12.0 Å². The van der Waals surface area contributed by atoms with Crippen LogP contribution in [-0.2, 0) is 4.74 Å². The second-order valence-electron chi connectivity index (χ2n) is 5.23. The number of rotatable bonds is 7. The minimum Gasteiger partial charge on any atom is -0.377 e. The van der Waals surface area contributed by atoms with Crippen LogP contribution in [0.1, 0.15) is 39.0 Å². The predicted molar refractivity (Wildman–Crippen MR) is 68.5 cm³/mol. The second-order valence-corrected chi connectivity index (χ2v) is 5.23. The van der Waals surface area contributed by atoms with E-state index < -0.39 is 0 Å². The molecule has 1 aliphatic rings. The first-order chi connectivity index (χ1) is 7.72. The number of hydrogen-bond acceptors (Lipinski definition) is 3. The van der Waals surface area contributed by atoms with Gasteiger partial charge in [-0.2, -0.15) is 0 Å². The summed E-state index contributed by atoms with van der Waals surface area (Å²) in [5.41, 5.74) is 5.60. The molecule has 0 bridgehead atoms. The zero-order valence-electron chi connectivity index (χ0n) is 11.0. The SMILES string of the molecule is CC(CN)CCCN(C)CC1CCCCO1.